The summed E-state index contributed by atoms with van der Waals surface area (Å²) in [5, 5.41) is 3.25. The lowest BCUT2D eigenvalue weighted by Crippen LogP contribution is -2.30. The third kappa shape index (κ3) is 4.64. The van der Waals surface area contributed by atoms with Gasteiger partial charge in [0.15, 0.2) is 0 Å². The third-order valence-electron chi connectivity index (χ3n) is 3.23. The van der Waals surface area contributed by atoms with Crippen molar-refractivity contribution in [3.8, 4) is 0 Å². The second kappa shape index (κ2) is 7.44. The Morgan fingerprint density at radius 1 is 1.20 bits per heavy atom. The van der Waals surface area contributed by atoms with E-state index in [0.29, 0.717) is 6.61 Å². The molecule has 1 aromatic carbocycles. The van der Waals surface area contributed by atoms with Crippen molar-refractivity contribution >= 4 is 5.97 Å². The molecular formula is C17H27NO2. The minimum Gasteiger partial charge on any atom is -0.465 e. The molecule has 112 valence electrons. The van der Waals surface area contributed by atoms with Crippen molar-refractivity contribution in [2.75, 3.05) is 13.2 Å². The quantitative estimate of drug-likeness (QED) is 0.808. The van der Waals surface area contributed by atoms with Crippen LogP contribution in [0.5, 0.6) is 0 Å². The average Bonchev–Trinajstić information content (AvgIpc) is 2.39. The summed E-state index contributed by atoms with van der Waals surface area (Å²) in [4.78, 5) is 12.0. The van der Waals surface area contributed by atoms with E-state index in [2.05, 4.69) is 45.1 Å². The number of carbonyl (C=O) groups is 1. The molecule has 20 heavy (non-hydrogen) atoms. The van der Waals surface area contributed by atoms with E-state index < -0.39 is 0 Å². The Hall–Kier alpha value is -1.35. The molecule has 0 fully saturated rings. The predicted octanol–water partition coefficient (Wildman–Crippen LogP) is 3.59. The molecule has 1 aromatic rings. The van der Waals surface area contributed by atoms with Gasteiger partial charge in [0.25, 0.3) is 0 Å². The fourth-order valence-corrected chi connectivity index (χ4v) is 2.03. The summed E-state index contributed by atoms with van der Waals surface area (Å²) in [6, 6.07) is 7.85. The van der Waals surface area contributed by atoms with Crippen LogP contribution in [-0.2, 0) is 14.9 Å². The van der Waals surface area contributed by atoms with Crippen molar-refractivity contribution in [1.82, 2.24) is 5.32 Å². The van der Waals surface area contributed by atoms with Gasteiger partial charge in [-0.05, 0) is 36.4 Å². The number of benzene rings is 1. The molecule has 0 aliphatic rings. The average molecular weight is 277 g/mol. The summed E-state index contributed by atoms with van der Waals surface area (Å²) in [5.41, 5.74) is 2.35. The van der Waals surface area contributed by atoms with Gasteiger partial charge in [-0.25, -0.2) is 4.79 Å². The molecule has 0 radical (unpaired) electrons. The molecule has 0 aliphatic carbocycles. The Labute approximate surface area is 122 Å². The zero-order valence-electron chi connectivity index (χ0n) is 13.3. The molecule has 1 atom stereocenters. The molecular weight excluding hydrogens is 250 g/mol. The van der Waals surface area contributed by atoms with Crippen LogP contribution in [0.3, 0.4) is 0 Å². The van der Waals surface area contributed by atoms with Crippen LogP contribution in [0.25, 0.3) is 0 Å². The standard InChI is InChI=1S/C17H27NO2/c1-6-12-18-15(16(19)20-7-2)13-8-10-14(11-9-13)17(3,4)5/h8-11,15,18H,6-7,12H2,1-5H3. The minimum absolute atomic E-state index is 0.120. The highest BCUT2D eigenvalue weighted by Crippen LogP contribution is 2.24. The van der Waals surface area contributed by atoms with Crippen LogP contribution >= 0.6 is 0 Å². The van der Waals surface area contributed by atoms with Gasteiger partial charge in [0, 0.05) is 0 Å². The molecule has 1 N–H and O–H groups in total. The van der Waals surface area contributed by atoms with Crippen LogP contribution in [0.1, 0.15) is 58.2 Å². The van der Waals surface area contributed by atoms with E-state index in [1.165, 1.54) is 5.56 Å². The lowest BCUT2D eigenvalue weighted by Gasteiger charge is -2.21. The molecule has 0 saturated carbocycles. The first-order chi connectivity index (χ1) is 9.40. The fraction of sp³-hybridized carbons (Fsp3) is 0.588. The normalized spacial score (nSPS) is 13.1. The molecule has 0 spiro atoms. The first-order valence-corrected chi connectivity index (χ1v) is 7.40. The molecule has 0 heterocycles. The van der Waals surface area contributed by atoms with Gasteiger partial charge in [0.2, 0.25) is 0 Å². The van der Waals surface area contributed by atoms with Gasteiger partial charge in [0.1, 0.15) is 6.04 Å². The molecule has 3 nitrogen and oxygen atoms in total. The highest BCUT2D eigenvalue weighted by Gasteiger charge is 2.22. The summed E-state index contributed by atoms with van der Waals surface area (Å²) in [5.74, 6) is -0.204. The van der Waals surface area contributed by atoms with E-state index in [9.17, 15) is 4.79 Å². The van der Waals surface area contributed by atoms with Crippen molar-refractivity contribution in [2.24, 2.45) is 0 Å². The maximum atomic E-state index is 12.0. The fourth-order valence-electron chi connectivity index (χ4n) is 2.03. The van der Waals surface area contributed by atoms with Crippen LogP contribution in [-0.4, -0.2) is 19.1 Å². The molecule has 0 amide bonds. The van der Waals surface area contributed by atoms with E-state index >= 15 is 0 Å². The molecule has 0 bridgehead atoms. The smallest absolute Gasteiger partial charge is 0.327 e. The summed E-state index contributed by atoms with van der Waals surface area (Å²) in [7, 11) is 0. The lowest BCUT2D eigenvalue weighted by molar-refractivity contribution is -0.145. The van der Waals surface area contributed by atoms with Crippen LogP contribution < -0.4 is 5.32 Å². The van der Waals surface area contributed by atoms with Crippen molar-refractivity contribution < 1.29 is 9.53 Å². The van der Waals surface area contributed by atoms with Gasteiger partial charge in [-0.3, -0.25) is 0 Å². The van der Waals surface area contributed by atoms with Crippen LogP contribution in [0.4, 0.5) is 0 Å². The number of rotatable bonds is 6. The maximum absolute atomic E-state index is 12.0. The summed E-state index contributed by atoms with van der Waals surface area (Å²) >= 11 is 0. The van der Waals surface area contributed by atoms with E-state index in [0.717, 1.165) is 18.5 Å². The number of hydrogen-bond acceptors (Lipinski definition) is 3. The number of hydrogen-bond donors (Lipinski definition) is 1. The van der Waals surface area contributed by atoms with Gasteiger partial charge in [0.05, 0.1) is 6.61 Å². The second-order valence-electron chi connectivity index (χ2n) is 6.01. The van der Waals surface area contributed by atoms with Crippen LogP contribution in [0.15, 0.2) is 24.3 Å². The number of nitrogens with one attached hydrogen (secondary N) is 1. The van der Waals surface area contributed by atoms with E-state index in [1.807, 2.05) is 19.1 Å². The summed E-state index contributed by atoms with van der Waals surface area (Å²) in [6.45, 7) is 11.7. The number of esters is 1. The van der Waals surface area contributed by atoms with E-state index in [-0.39, 0.29) is 17.4 Å². The lowest BCUT2D eigenvalue weighted by atomic mass is 9.86. The topological polar surface area (TPSA) is 38.3 Å². The van der Waals surface area contributed by atoms with Crippen molar-refractivity contribution in [3.05, 3.63) is 35.4 Å². The molecule has 0 aliphatic heterocycles. The van der Waals surface area contributed by atoms with Gasteiger partial charge in [-0.15, -0.1) is 0 Å². The van der Waals surface area contributed by atoms with E-state index in [4.69, 9.17) is 4.74 Å². The van der Waals surface area contributed by atoms with Gasteiger partial charge >= 0.3 is 5.97 Å². The zero-order chi connectivity index (χ0) is 15.2. The number of carbonyl (C=O) groups excluding carboxylic acids is 1. The monoisotopic (exact) mass is 277 g/mol. The predicted molar refractivity (Wildman–Crippen MR) is 82.8 cm³/mol. The second-order valence-corrected chi connectivity index (χ2v) is 6.01. The first-order valence-electron chi connectivity index (χ1n) is 7.40. The SMILES string of the molecule is CCCNC(C(=O)OCC)c1ccc(C(C)(C)C)cc1. The minimum atomic E-state index is -0.371. The Balaban J connectivity index is 2.93. The molecule has 1 unspecified atom stereocenters. The molecule has 3 heteroatoms. The molecule has 0 saturated heterocycles. The Kier molecular flexibility index (Phi) is 6.21. The highest BCUT2D eigenvalue weighted by atomic mass is 16.5. The van der Waals surface area contributed by atoms with Gasteiger partial charge in [-0.2, -0.15) is 0 Å². The van der Waals surface area contributed by atoms with Crippen molar-refractivity contribution in [1.29, 1.82) is 0 Å². The maximum Gasteiger partial charge on any atom is 0.327 e. The van der Waals surface area contributed by atoms with Crippen LogP contribution in [0, 0.1) is 0 Å². The third-order valence-corrected chi connectivity index (χ3v) is 3.23. The van der Waals surface area contributed by atoms with Crippen LogP contribution in [0.2, 0.25) is 0 Å². The van der Waals surface area contributed by atoms with E-state index in [1.54, 1.807) is 0 Å². The highest BCUT2D eigenvalue weighted by molar-refractivity contribution is 5.77. The largest absolute Gasteiger partial charge is 0.465 e. The first kappa shape index (κ1) is 16.7. The van der Waals surface area contributed by atoms with Crippen molar-refractivity contribution in [2.45, 2.75) is 52.5 Å². The Bertz CT molecular complexity index is 418. The van der Waals surface area contributed by atoms with Crippen molar-refractivity contribution in [3.63, 3.8) is 0 Å². The zero-order valence-corrected chi connectivity index (χ0v) is 13.3. The summed E-state index contributed by atoms with van der Waals surface area (Å²) in [6.07, 6.45) is 0.982. The Morgan fingerprint density at radius 3 is 2.25 bits per heavy atom. The molecule has 0 aromatic heterocycles. The molecule has 1 rings (SSSR count). The van der Waals surface area contributed by atoms with Gasteiger partial charge in [-0.1, -0.05) is 52.0 Å². The number of ether oxygens (including phenoxy) is 1. The van der Waals surface area contributed by atoms with Gasteiger partial charge < -0.3 is 10.1 Å². The Morgan fingerprint density at radius 2 is 1.80 bits per heavy atom. The summed E-state index contributed by atoms with van der Waals surface area (Å²) < 4.78 is 5.15.